The summed E-state index contributed by atoms with van der Waals surface area (Å²) in [4.78, 5) is 12.3. The molecular formula is C20H32O3. The SMILES string of the molecule is CCOC(=O)C(Cc1cc(C(C)(C)C)ccc1OC)CC(C)C. The van der Waals surface area contributed by atoms with E-state index < -0.39 is 0 Å². The van der Waals surface area contributed by atoms with E-state index in [2.05, 4.69) is 46.8 Å². The minimum Gasteiger partial charge on any atom is -0.496 e. The van der Waals surface area contributed by atoms with Gasteiger partial charge in [-0.25, -0.2) is 0 Å². The molecule has 3 nitrogen and oxygen atoms in total. The van der Waals surface area contributed by atoms with Crippen molar-refractivity contribution in [3.05, 3.63) is 29.3 Å². The molecule has 3 heteroatoms. The minimum atomic E-state index is -0.126. The van der Waals surface area contributed by atoms with Crippen molar-refractivity contribution in [2.45, 2.75) is 59.8 Å². The molecule has 0 bridgehead atoms. The Kier molecular flexibility index (Phi) is 7.11. The molecule has 0 spiro atoms. The first kappa shape index (κ1) is 19.5. The number of ether oxygens (including phenoxy) is 2. The molecule has 0 radical (unpaired) electrons. The maximum atomic E-state index is 12.3. The van der Waals surface area contributed by atoms with Crippen LogP contribution in [0.5, 0.6) is 5.75 Å². The van der Waals surface area contributed by atoms with E-state index in [-0.39, 0.29) is 17.3 Å². The average molecular weight is 320 g/mol. The van der Waals surface area contributed by atoms with Crippen LogP contribution < -0.4 is 4.74 Å². The molecule has 0 aliphatic rings. The lowest BCUT2D eigenvalue weighted by Crippen LogP contribution is -2.22. The number of carbonyl (C=O) groups is 1. The fourth-order valence-electron chi connectivity index (χ4n) is 2.76. The first-order valence-electron chi connectivity index (χ1n) is 8.53. The van der Waals surface area contributed by atoms with E-state index in [1.165, 1.54) is 5.56 Å². The van der Waals surface area contributed by atoms with E-state index in [1.807, 2.05) is 13.0 Å². The molecule has 1 aromatic rings. The van der Waals surface area contributed by atoms with E-state index in [0.29, 0.717) is 18.9 Å². The second kappa shape index (κ2) is 8.37. The highest BCUT2D eigenvalue weighted by atomic mass is 16.5. The summed E-state index contributed by atoms with van der Waals surface area (Å²) in [6.07, 6.45) is 1.48. The molecule has 1 unspecified atom stereocenters. The fraction of sp³-hybridized carbons (Fsp3) is 0.650. The Hall–Kier alpha value is -1.51. The summed E-state index contributed by atoms with van der Waals surface area (Å²) in [5.41, 5.74) is 2.40. The average Bonchev–Trinajstić information content (AvgIpc) is 2.45. The van der Waals surface area contributed by atoms with Gasteiger partial charge in [-0.1, -0.05) is 46.8 Å². The second-order valence-corrected chi connectivity index (χ2v) is 7.56. The Morgan fingerprint density at radius 2 is 1.87 bits per heavy atom. The number of hydrogen-bond donors (Lipinski definition) is 0. The molecule has 130 valence electrons. The molecule has 1 rings (SSSR count). The standard InChI is InChI=1S/C20H32O3/c1-8-23-19(21)16(11-14(2)3)12-15-13-17(20(4,5)6)9-10-18(15)22-7/h9-10,13-14,16H,8,11-12H2,1-7H3. The summed E-state index contributed by atoms with van der Waals surface area (Å²) in [6, 6.07) is 6.28. The Morgan fingerprint density at radius 1 is 1.22 bits per heavy atom. The lowest BCUT2D eigenvalue weighted by atomic mass is 9.84. The van der Waals surface area contributed by atoms with Crippen LogP contribution in [0.1, 0.15) is 59.1 Å². The normalized spacial score (nSPS) is 13.0. The Balaban J connectivity index is 3.12. The van der Waals surface area contributed by atoms with Gasteiger partial charge in [0.1, 0.15) is 5.75 Å². The molecular weight excluding hydrogens is 288 g/mol. The van der Waals surface area contributed by atoms with E-state index in [9.17, 15) is 4.79 Å². The lowest BCUT2D eigenvalue weighted by molar-refractivity contribution is -0.148. The van der Waals surface area contributed by atoms with E-state index >= 15 is 0 Å². The van der Waals surface area contributed by atoms with Gasteiger partial charge < -0.3 is 9.47 Å². The summed E-state index contributed by atoms with van der Waals surface area (Å²) >= 11 is 0. The van der Waals surface area contributed by atoms with Crippen LogP contribution in [-0.2, 0) is 21.4 Å². The van der Waals surface area contributed by atoms with E-state index in [4.69, 9.17) is 9.47 Å². The number of esters is 1. The van der Waals surface area contributed by atoms with E-state index in [0.717, 1.165) is 17.7 Å². The van der Waals surface area contributed by atoms with Crippen LogP contribution in [0.15, 0.2) is 18.2 Å². The first-order chi connectivity index (χ1) is 10.7. The molecule has 0 aliphatic heterocycles. The van der Waals surface area contributed by atoms with Crippen molar-refractivity contribution in [1.29, 1.82) is 0 Å². The van der Waals surface area contributed by atoms with Crippen molar-refractivity contribution in [2.75, 3.05) is 13.7 Å². The maximum absolute atomic E-state index is 12.3. The summed E-state index contributed by atoms with van der Waals surface area (Å²) in [7, 11) is 1.68. The minimum absolute atomic E-state index is 0.0679. The number of hydrogen-bond acceptors (Lipinski definition) is 3. The molecule has 0 aliphatic carbocycles. The molecule has 0 amide bonds. The van der Waals surface area contributed by atoms with Crippen molar-refractivity contribution in [2.24, 2.45) is 11.8 Å². The zero-order chi connectivity index (χ0) is 17.6. The third kappa shape index (κ3) is 5.89. The fourth-order valence-corrected chi connectivity index (χ4v) is 2.76. The van der Waals surface area contributed by atoms with Gasteiger partial charge in [0.05, 0.1) is 19.6 Å². The second-order valence-electron chi connectivity index (χ2n) is 7.56. The molecule has 1 aromatic carbocycles. The van der Waals surface area contributed by atoms with Crippen LogP contribution in [-0.4, -0.2) is 19.7 Å². The topological polar surface area (TPSA) is 35.5 Å². The Labute approximate surface area is 141 Å². The van der Waals surface area contributed by atoms with Gasteiger partial charge in [-0.2, -0.15) is 0 Å². The molecule has 0 aromatic heterocycles. The molecule has 0 N–H and O–H groups in total. The molecule has 0 heterocycles. The van der Waals surface area contributed by atoms with Gasteiger partial charge in [-0.05, 0) is 48.3 Å². The zero-order valence-electron chi connectivity index (χ0n) is 15.7. The monoisotopic (exact) mass is 320 g/mol. The summed E-state index contributed by atoms with van der Waals surface area (Å²) in [6.45, 7) is 13.1. The van der Waals surface area contributed by atoms with Crippen molar-refractivity contribution >= 4 is 5.97 Å². The largest absolute Gasteiger partial charge is 0.496 e. The van der Waals surface area contributed by atoms with Crippen LogP contribution >= 0.6 is 0 Å². The van der Waals surface area contributed by atoms with Crippen LogP contribution in [0.4, 0.5) is 0 Å². The van der Waals surface area contributed by atoms with Crippen molar-refractivity contribution in [3.63, 3.8) is 0 Å². The van der Waals surface area contributed by atoms with Gasteiger partial charge in [0, 0.05) is 0 Å². The quantitative estimate of drug-likeness (QED) is 0.679. The summed E-state index contributed by atoms with van der Waals surface area (Å²) in [5.74, 6) is 1.06. The van der Waals surface area contributed by atoms with E-state index in [1.54, 1.807) is 7.11 Å². The molecule has 23 heavy (non-hydrogen) atoms. The molecule has 0 fully saturated rings. The van der Waals surface area contributed by atoms with Gasteiger partial charge in [0.25, 0.3) is 0 Å². The van der Waals surface area contributed by atoms with Gasteiger partial charge in [-0.3, -0.25) is 4.79 Å². The third-order valence-electron chi connectivity index (χ3n) is 3.99. The Morgan fingerprint density at radius 3 is 2.35 bits per heavy atom. The van der Waals surface area contributed by atoms with Gasteiger partial charge in [0.2, 0.25) is 0 Å². The van der Waals surface area contributed by atoms with Crippen LogP contribution in [0.3, 0.4) is 0 Å². The first-order valence-corrected chi connectivity index (χ1v) is 8.53. The van der Waals surface area contributed by atoms with Crippen LogP contribution in [0.2, 0.25) is 0 Å². The van der Waals surface area contributed by atoms with Gasteiger partial charge in [0.15, 0.2) is 0 Å². The van der Waals surface area contributed by atoms with Crippen molar-refractivity contribution in [1.82, 2.24) is 0 Å². The number of rotatable bonds is 7. The highest BCUT2D eigenvalue weighted by Crippen LogP contribution is 2.31. The molecule has 0 saturated heterocycles. The molecule has 1 atom stereocenters. The summed E-state index contributed by atoms with van der Waals surface area (Å²) in [5, 5.41) is 0. The van der Waals surface area contributed by atoms with Gasteiger partial charge in [-0.15, -0.1) is 0 Å². The third-order valence-corrected chi connectivity index (χ3v) is 3.99. The van der Waals surface area contributed by atoms with Gasteiger partial charge >= 0.3 is 5.97 Å². The summed E-state index contributed by atoms with van der Waals surface area (Å²) < 4.78 is 10.8. The molecule has 0 saturated carbocycles. The van der Waals surface area contributed by atoms with Crippen LogP contribution in [0.25, 0.3) is 0 Å². The number of methoxy groups -OCH3 is 1. The highest BCUT2D eigenvalue weighted by molar-refractivity contribution is 5.73. The number of benzene rings is 1. The van der Waals surface area contributed by atoms with Crippen LogP contribution in [0, 0.1) is 11.8 Å². The maximum Gasteiger partial charge on any atom is 0.309 e. The zero-order valence-corrected chi connectivity index (χ0v) is 15.7. The van der Waals surface area contributed by atoms with Crippen molar-refractivity contribution in [3.8, 4) is 5.75 Å². The number of carbonyl (C=O) groups excluding carboxylic acids is 1. The smallest absolute Gasteiger partial charge is 0.309 e. The predicted molar refractivity (Wildman–Crippen MR) is 95.0 cm³/mol. The lowest BCUT2D eigenvalue weighted by Gasteiger charge is -2.23. The van der Waals surface area contributed by atoms with Crippen molar-refractivity contribution < 1.29 is 14.3 Å². The highest BCUT2D eigenvalue weighted by Gasteiger charge is 2.24. The predicted octanol–water partition coefficient (Wildman–Crippen LogP) is 4.76. The Bertz CT molecular complexity index is 512.